The highest BCUT2D eigenvalue weighted by Crippen LogP contribution is 2.14. The summed E-state index contributed by atoms with van der Waals surface area (Å²) in [4.78, 5) is 2.18. The van der Waals surface area contributed by atoms with Crippen LogP contribution >= 0.6 is 0 Å². The first kappa shape index (κ1) is 4.77. The molecule has 0 atom stereocenters. The molecule has 0 amide bonds. The van der Waals surface area contributed by atoms with E-state index in [4.69, 9.17) is 1.41 Å². The third-order valence-electron chi connectivity index (χ3n) is 1.98. The van der Waals surface area contributed by atoms with Gasteiger partial charge in [0.1, 0.15) is 1.41 Å². The summed E-state index contributed by atoms with van der Waals surface area (Å²) in [7, 11) is 4.12. The van der Waals surface area contributed by atoms with Gasteiger partial charge in [-0.25, -0.2) is 0 Å². The van der Waals surface area contributed by atoms with Crippen LogP contribution in [-0.2, 0) is 0 Å². The Balaban J connectivity index is 2.40. The Hall–Kier alpha value is -0.0800. The second-order valence-corrected chi connectivity index (χ2v) is 2.93. The van der Waals surface area contributed by atoms with Gasteiger partial charge in [-0.3, -0.25) is 0 Å². The van der Waals surface area contributed by atoms with Gasteiger partial charge in [-0.05, 0) is 21.0 Å². The Kier molecular flexibility index (Phi) is 1.02. The number of nitrogens with one attached hydrogen (secondary N) is 1. The largest absolute Gasteiger partial charge is 0.313 e. The number of hydrogen-bond acceptors (Lipinski definition) is 2. The second kappa shape index (κ2) is 1.71. The summed E-state index contributed by atoms with van der Waals surface area (Å²) < 4.78 is 7.17. The molecule has 1 N–H and O–H groups in total. The highest BCUT2D eigenvalue weighted by molar-refractivity contribution is 4.95. The first-order chi connectivity index (χ1) is 4.04. The molecule has 0 aliphatic carbocycles. The van der Waals surface area contributed by atoms with Gasteiger partial charge in [-0.2, -0.15) is 0 Å². The zero-order valence-corrected chi connectivity index (χ0v) is 5.81. The molecule has 1 saturated heterocycles. The van der Waals surface area contributed by atoms with Gasteiger partial charge in [0.2, 0.25) is 0 Å². The van der Waals surface area contributed by atoms with Crippen LogP contribution in [0.15, 0.2) is 0 Å². The van der Waals surface area contributed by atoms with E-state index in [0.717, 1.165) is 13.1 Å². The maximum Gasteiger partial charge on any atom is 0.122 e. The summed E-state index contributed by atoms with van der Waals surface area (Å²) in [6.45, 7) is 3.93. The quantitative estimate of drug-likeness (QED) is 0.514. The fourth-order valence-electron chi connectivity index (χ4n) is 0.718. The Morgan fingerprint density at radius 3 is 2.25 bits per heavy atom. The van der Waals surface area contributed by atoms with E-state index < -0.39 is 0 Å². The van der Waals surface area contributed by atoms with Gasteiger partial charge < -0.3 is 10.2 Å². The third kappa shape index (κ3) is 0.740. The molecule has 1 rings (SSSR count). The topological polar surface area (TPSA) is 15.3 Å². The highest BCUT2D eigenvalue weighted by atomic mass is 15.2. The monoisotopic (exact) mass is 115 g/mol. The van der Waals surface area contributed by atoms with Gasteiger partial charge in [-0.15, -0.1) is 0 Å². The Morgan fingerprint density at radius 1 is 1.62 bits per heavy atom. The third-order valence-corrected chi connectivity index (χ3v) is 1.98. The second-order valence-electron chi connectivity index (χ2n) is 2.93. The molecule has 0 aromatic heterocycles. The van der Waals surface area contributed by atoms with Crippen LogP contribution in [0.1, 0.15) is 6.92 Å². The normalized spacial score (nSPS) is 29.8. The predicted molar refractivity (Wildman–Crippen MR) is 35.0 cm³/mol. The fourth-order valence-corrected chi connectivity index (χ4v) is 0.718. The molecule has 0 saturated carbocycles. The van der Waals surface area contributed by atoms with Gasteiger partial charge >= 0.3 is 0 Å². The number of hydrogen-bond donors (Lipinski definition) is 1. The van der Waals surface area contributed by atoms with Crippen molar-refractivity contribution in [3.05, 3.63) is 0 Å². The maximum atomic E-state index is 7.17. The van der Waals surface area contributed by atoms with Crippen LogP contribution < -0.4 is 5.31 Å². The molecule has 8 heavy (non-hydrogen) atoms. The van der Waals surface area contributed by atoms with Gasteiger partial charge in [0.25, 0.3) is 0 Å². The van der Waals surface area contributed by atoms with Gasteiger partial charge in [0.05, 0.1) is 0 Å². The summed E-state index contributed by atoms with van der Waals surface area (Å²) >= 11 is 0. The maximum absolute atomic E-state index is 7.17. The van der Waals surface area contributed by atoms with Gasteiger partial charge in [0, 0.05) is 18.6 Å². The molecule has 0 aromatic carbocycles. The molecule has 0 aromatic rings. The molecule has 48 valence electrons. The van der Waals surface area contributed by atoms with Crippen LogP contribution in [0, 0.1) is 0 Å². The van der Waals surface area contributed by atoms with E-state index >= 15 is 0 Å². The van der Waals surface area contributed by atoms with Gasteiger partial charge in [0.15, 0.2) is 0 Å². The number of nitrogens with zero attached hydrogens (tertiary/aromatic N) is 1. The predicted octanol–water partition coefficient (Wildman–Crippen LogP) is -0.0901. The van der Waals surface area contributed by atoms with Crippen molar-refractivity contribution in [2.45, 2.75) is 12.5 Å². The van der Waals surface area contributed by atoms with E-state index in [2.05, 4.69) is 25.9 Å². The van der Waals surface area contributed by atoms with Crippen molar-refractivity contribution < 1.29 is 1.41 Å². The molecular weight excluding hydrogens is 100 g/mol. The first-order valence-corrected chi connectivity index (χ1v) is 2.96. The lowest BCUT2D eigenvalue weighted by Crippen LogP contribution is -2.64. The minimum atomic E-state index is 0.266. The van der Waals surface area contributed by atoms with Gasteiger partial charge in [-0.1, -0.05) is 0 Å². The van der Waals surface area contributed by atoms with Crippen molar-refractivity contribution in [1.82, 2.24) is 10.2 Å². The van der Waals surface area contributed by atoms with Crippen LogP contribution in [0.5, 0.6) is 0 Å². The fraction of sp³-hybridized carbons (Fsp3) is 1.00. The molecule has 1 aliphatic heterocycles. The summed E-state index contributed by atoms with van der Waals surface area (Å²) in [5.41, 5.74) is 0.266. The Morgan fingerprint density at radius 2 is 2.12 bits per heavy atom. The van der Waals surface area contributed by atoms with Crippen molar-refractivity contribution in [2.24, 2.45) is 0 Å². The molecule has 0 spiro atoms. The highest BCUT2D eigenvalue weighted by Gasteiger charge is 2.33. The van der Waals surface area contributed by atoms with Crippen LogP contribution in [0.25, 0.3) is 0 Å². The summed E-state index contributed by atoms with van der Waals surface area (Å²) in [6.07, 6.45) is 0. The summed E-state index contributed by atoms with van der Waals surface area (Å²) in [5, 5.41) is 1.58. The van der Waals surface area contributed by atoms with Crippen LogP contribution in [0.2, 0.25) is 1.41 Å². The molecular formula is C6H14N2. The summed E-state index contributed by atoms with van der Waals surface area (Å²) in [6, 6.07) is 0. The van der Waals surface area contributed by atoms with Crippen LogP contribution in [0.4, 0.5) is 0 Å². The van der Waals surface area contributed by atoms with Crippen molar-refractivity contribution in [1.29, 1.82) is 0 Å². The van der Waals surface area contributed by atoms with Crippen LogP contribution in [-0.4, -0.2) is 37.6 Å². The van der Waals surface area contributed by atoms with E-state index in [0.29, 0.717) is 0 Å². The number of rotatable bonds is 1. The Bertz CT molecular complexity index is 108. The minimum absolute atomic E-state index is 0.266. The Labute approximate surface area is 52.3 Å². The van der Waals surface area contributed by atoms with E-state index in [-0.39, 0.29) is 5.54 Å². The molecule has 0 bridgehead atoms. The van der Waals surface area contributed by atoms with E-state index in [9.17, 15) is 0 Å². The lowest BCUT2D eigenvalue weighted by atomic mass is 9.94. The molecule has 1 aliphatic rings. The minimum Gasteiger partial charge on any atom is -0.313 e. The van der Waals surface area contributed by atoms with Crippen molar-refractivity contribution in [2.75, 3.05) is 27.2 Å². The molecule has 2 nitrogen and oxygen atoms in total. The molecule has 0 unspecified atom stereocenters. The molecule has 0 radical (unpaired) electrons. The smallest absolute Gasteiger partial charge is 0.122 e. The van der Waals surface area contributed by atoms with Crippen molar-refractivity contribution in [3.63, 3.8) is 0 Å². The van der Waals surface area contributed by atoms with E-state index in [1.54, 1.807) is 5.31 Å². The van der Waals surface area contributed by atoms with Crippen LogP contribution in [0.3, 0.4) is 0 Å². The molecule has 1 fully saturated rings. The number of likely N-dealkylation sites (N-methyl/N-ethyl adjacent to an activating group) is 1. The molecule has 2 heteroatoms. The zero-order chi connectivity index (χ0) is 7.07. The SMILES string of the molecule is [2H]N1CC(C)(N(C)C)C1. The zero-order valence-electron chi connectivity index (χ0n) is 6.81. The lowest BCUT2D eigenvalue weighted by Gasteiger charge is -2.44. The van der Waals surface area contributed by atoms with E-state index in [1.807, 2.05) is 0 Å². The standard InChI is InChI=1S/C6H14N2/c1-6(8(2)3)4-7-5-6/h7H,4-5H2,1-3H3/i/hD. The first-order valence-electron chi connectivity index (χ1n) is 3.40. The average molecular weight is 115 g/mol. The average Bonchev–Trinajstić information content (AvgIpc) is 1.62. The van der Waals surface area contributed by atoms with Crippen molar-refractivity contribution >= 4 is 0 Å². The molecule has 1 heterocycles. The lowest BCUT2D eigenvalue weighted by molar-refractivity contribution is 0.106. The van der Waals surface area contributed by atoms with E-state index in [1.165, 1.54) is 0 Å². The van der Waals surface area contributed by atoms with Crippen molar-refractivity contribution in [3.8, 4) is 0 Å². The summed E-state index contributed by atoms with van der Waals surface area (Å²) in [5.74, 6) is 0.